The number of benzene rings is 2. The number of amides is 3. The molecular weight excluding hydrogens is 478 g/mol. The molecule has 0 aliphatic carbocycles. The Morgan fingerprint density at radius 1 is 1.09 bits per heavy atom. The molecule has 1 saturated heterocycles. The van der Waals surface area contributed by atoms with Crippen LogP contribution >= 0.6 is 11.6 Å². The van der Waals surface area contributed by atoms with E-state index in [1.54, 1.807) is 62.4 Å². The van der Waals surface area contributed by atoms with Crippen LogP contribution in [0.4, 0.5) is 4.79 Å². The molecule has 2 aromatic carbocycles. The monoisotopic (exact) mass is 503 g/mol. The van der Waals surface area contributed by atoms with Gasteiger partial charge in [0.1, 0.15) is 25.3 Å². The number of halogens is 1. The van der Waals surface area contributed by atoms with E-state index in [9.17, 15) is 24.3 Å². The molecule has 0 spiro atoms. The zero-order valence-electron chi connectivity index (χ0n) is 19.1. The van der Waals surface area contributed by atoms with Gasteiger partial charge in [-0.15, -0.1) is 0 Å². The van der Waals surface area contributed by atoms with Gasteiger partial charge in [0.15, 0.2) is 6.10 Å². The lowest BCUT2D eigenvalue weighted by Gasteiger charge is -2.26. The van der Waals surface area contributed by atoms with Crippen molar-refractivity contribution >= 4 is 35.5 Å². The molecule has 0 unspecified atom stereocenters. The number of carbonyl (C=O) groups is 4. The highest BCUT2D eigenvalue weighted by atomic mass is 35.5. The number of rotatable bonds is 9. The summed E-state index contributed by atoms with van der Waals surface area (Å²) in [7, 11) is 0. The van der Waals surface area contributed by atoms with E-state index in [-0.39, 0.29) is 12.5 Å². The third kappa shape index (κ3) is 7.43. The Bertz CT molecular complexity index is 1060. The number of ether oxygens (including phenoxy) is 2. The first kappa shape index (κ1) is 26.0. The maximum atomic E-state index is 12.9. The number of epoxide rings is 1. The number of alkyl carbamates (subject to hydrolysis) is 1. The van der Waals surface area contributed by atoms with Crippen molar-refractivity contribution < 1.29 is 33.8 Å². The molecule has 1 fully saturated rings. The Morgan fingerprint density at radius 3 is 2.34 bits per heavy atom. The summed E-state index contributed by atoms with van der Waals surface area (Å²) < 4.78 is 10.6. The SMILES string of the molecule is CC(C)[C@H](NC(=O)OCc1ccccc1)C(=O)NN(CC(=O)O)C(=O)[C@H]1O[C@@H]1c1ccc(Cl)cc1. The van der Waals surface area contributed by atoms with Gasteiger partial charge in [0, 0.05) is 5.02 Å². The van der Waals surface area contributed by atoms with Crippen LogP contribution < -0.4 is 10.7 Å². The van der Waals surface area contributed by atoms with E-state index in [2.05, 4.69) is 10.7 Å². The number of carboxylic acid groups (broad SMARTS) is 1. The van der Waals surface area contributed by atoms with E-state index >= 15 is 0 Å². The fourth-order valence-corrected chi connectivity index (χ4v) is 3.42. The van der Waals surface area contributed by atoms with E-state index < -0.39 is 48.7 Å². The number of nitrogens with zero attached hydrogens (tertiary/aromatic N) is 1. The Morgan fingerprint density at radius 2 is 1.74 bits per heavy atom. The molecule has 11 heteroatoms. The van der Waals surface area contributed by atoms with Crippen LogP contribution in [0, 0.1) is 5.92 Å². The van der Waals surface area contributed by atoms with Crippen molar-refractivity contribution in [2.24, 2.45) is 5.92 Å². The number of hydrogen-bond acceptors (Lipinski definition) is 6. The van der Waals surface area contributed by atoms with Crippen molar-refractivity contribution in [1.82, 2.24) is 15.8 Å². The predicted octanol–water partition coefficient (Wildman–Crippen LogP) is 2.68. The van der Waals surface area contributed by atoms with Crippen LogP contribution in [-0.2, 0) is 30.5 Å². The van der Waals surface area contributed by atoms with Crippen molar-refractivity contribution in [3.05, 3.63) is 70.7 Å². The van der Waals surface area contributed by atoms with Crippen molar-refractivity contribution in [3.63, 3.8) is 0 Å². The van der Waals surface area contributed by atoms with Gasteiger partial charge in [0.25, 0.3) is 11.8 Å². The highest BCUT2D eigenvalue weighted by molar-refractivity contribution is 6.30. The first-order valence-electron chi connectivity index (χ1n) is 10.9. The van der Waals surface area contributed by atoms with Gasteiger partial charge in [-0.3, -0.25) is 19.8 Å². The predicted molar refractivity (Wildman–Crippen MR) is 125 cm³/mol. The first-order valence-corrected chi connectivity index (χ1v) is 11.2. The largest absolute Gasteiger partial charge is 0.480 e. The van der Waals surface area contributed by atoms with Gasteiger partial charge in [-0.2, -0.15) is 0 Å². The van der Waals surface area contributed by atoms with Crippen LogP contribution in [-0.4, -0.2) is 52.7 Å². The molecule has 10 nitrogen and oxygen atoms in total. The van der Waals surface area contributed by atoms with Gasteiger partial charge in [0.2, 0.25) is 0 Å². The molecule has 0 radical (unpaired) electrons. The Kier molecular flexibility index (Phi) is 8.67. The van der Waals surface area contributed by atoms with Gasteiger partial charge < -0.3 is 19.9 Å². The van der Waals surface area contributed by atoms with E-state index in [4.69, 9.17) is 21.1 Å². The average molecular weight is 504 g/mol. The lowest BCUT2D eigenvalue weighted by atomic mass is 10.0. The number of hydrogen-bond donors (Lipinski definition) is 3. The second kappa shape index (κ2) is 11.7. The summed E-state index contributed by atoms with van der Waals surface area (Å²) in [5.74, 6) is -3.22. The second-order valence-corrected chi connectivity index (χ2v) is 8.69. The van der Waals surface area contributed by atoms with Crippen LogP contribution in [0.1, 0.15) is 31.1 Å². The summed E-state index contributed by atoms with van der Waals surface area (Å²) in [5, 5.41) is 12.9. The standard InChI is InChI=1S/C24H26ClN3O7/c1-14(2)19(26-24(33)34-13-15-6-4-3-5-7-15)22(31)27-28(12-18(29)30)23(32)21-20(35-21)16-8-10-17(25)11-9-16/h3-11,14,19-21H,12-13H2,1-2H3,(H,26,33)(H,27,31)(H,29,30)/t19-,20+,21-/m0/s1. The van der Waals surface area contributed by atoms with Crippen LogP contribution in [0.25, 0.3) is 0 Å². The topological polar surface area (TPSA) is 138 Å². The number of aliphatic carboxylic acids is 1. The number of carbonyl (C=O) groups excluding carboxylic acids is 3. The van der Waals surface area contributed by atoms with Gasteiger partial charge in [-0.25, -0.2) is 9.80 Å². The molecule has 186 valence electrons. The molecule has 0 saturated carbocycles. The lowest BCUT2D eigenvalue weighted by Crippen LogP contribution is -2.57. The van der Waals surface area contributed by atoms with Crippen molar-refractivity contribution in [2.75, 3.05) is 6.54 Å². The molecule has 35 heavy (non-hydrogen) atoms. The fraction of sp³-hybridized carbons (Fsp3) is 0.333. The minimum atomic E-state index is -1.33. The van der Waals surface area contributed by atoms with Crippen LogP contribution in [0.15, 0.2) is 54.6 Å². The van der Waals surface area contributed by atoms with E-state index in [0.29, 0.717) is 15.6 Å². The highest BCUT2D eigenvalue weighted by Crippen LogP contribution is 2.39. The van der Waals surface area contributed by atoms with Crippen molar-refractivity contribution in [1.29, 1.82) is 0 Å². The first-order chi connectivity index (χ1) is 16.7. The zero-order valence-corrected chi connectivity index (χ0v) is 19.9. The smallest absolute Gasteiger partial charge is 0.408 e. The second-order valence-electron chi connectivity index (χ2n) is 8.25. The van der Waals surface area contributed by atoms with E-state index in [0.717, 1.165) is 5.56 Å². The molecule has 3 rings (SSSR count). The van der Waals surface area contributed by atoms with E-state index in [1.807, 2.05) is 6.07 Å². The van der Waals surface area contributed by atoms with Crippen molar-refractivity contribution in [2.45, 2.75) is 38.7 Å². The Labute approximate surface area is 207 Å². The minimum absolute atomic E-state index is 0.00778. The molecule has 3 N–H and O–H groups in total. The summed E-state index contributed by atoms with van der Waals surface area (Å²) in [6.07, 6.45) is -2.37. The van der Waals surface area contributed by atoms with Gasteiger partial charge >= 0.3 is 12.1 Å². The zero-order chi connectivity index (χ0) is 25.5. The molecule has 3 atom stereocenters. The number of carboxylic acids is 1. The average Bonchev–Trinajstić information content (AvgIpc) is 3.62. The molecule has 1 heterocycles. The Hall–Kier alpha value is -3.63. The third-order valence-electron chi connectivity index (χ3n) is 5.17. The maximum absolute atomic E-state index is 12.9. The van der Waals surface area contributed by atoms with Crippen molar-refractivity contribution in [3.8, 4) is 0 Å². The summed E-state index contributed by atoms with van der Waals surface area (Å²) in [6, 6.07) is 14.6. The normalized spacial score (nSPS) is 17.3. The summed E-state index contributed by atoms with van der Waals surface area (Å²) >= 11 is 5.88. The van der Waals surface area contributed by atoms with E-state index in [1.165, 1.54) is 0 Å². The molecule has 1 aliphatic heterocycles. The molecule has 2 aromatic rings. The number of hydrazine groups is 1. The minimum Gasteiger partial charge on any atom is -0.480 e. The third-order valence-corrected chi connectivity index (χ3v) is 5.43. The van der Waals surface area contributed by atoms with Crippen LogP contribution in [0.3, 0.4) is 0 Å². The van der Waals surface area contributed by atoms with Gasteiger partial charge in [0.05, 0.1) is 0 Å². The summed E-state index contributed by atoms with van der Waals surface area (Å²) in [6.45, 7) is 2.59. The number of nitrogens with one attached hydrogen (secondary N) is 2. The molecule has 0 aromatic heterocycles. The summed E-state index contributed by atoms with van der Waals surface area (Å²) in [5.41, 5.74) is 3.77. The van der Waals surface area contributed by atoms with Gasteiger partial charge in [-0.1, -0.05) is 67.9 Å². The molecule has 0 bridgehead atoms. The maximum Gasteiger partial charge on any atom is 0.408 e. The molecule has 3 amide bonds. The van der Waals surface area contributed by atoms with Crippen LogP contribution in [0.2, 0.25) is 5.02 Å². The lowest BCUT2D eigenvalue weighted by molar-refractivity contribution is -0.151. The highest BCUT2D eigenvalue weighted by Gasteiger charge is 2.49. The fourth-order valence-electron chi connectivity index (χ4n) is 3.30. The Balaban J connectivity index is 1.61. The summed E-state index contributed by atoms with van der Waals surface area (Å²) in [4.78, 5) is 49.4. The van der Waals surface area contributed by atoms with Gasteiger partial charge in [-0.05, 0) is 29.2 Å². The molecule has 1 aliphatic rings. The quantitative estimate of drug-likeness (QED) is 0.353. The molecular formula is C24H26ClN3O7. The van der Waals surface area contributed by atoms with Crippen LogP contribution in [0.5, 0.6) is 0 Å².